The van der Waals surface area contributed by atoms with Gasteiger partial charge in [-0.2, -0.15) is 5.10 Å². The molecule has 3 rings (SSSR count). The number of benzene rings is 1. The molecule has 6 heteroatoms. The highest BCUT2D eigenvalue weighted by Gasteiger charge is 2.17. The third kappa shape index (κ3) is 2.14. The van der Waals surface area contributed by atoms with Gasteiger partial charge in [0.2, 0.25) is 0 Å². The van der Waals surface area contributed by atoms with Gasteiger partial charge in [0, 0.05) is 29.2 Å². The van der Waals surface area contributed by atoms with E-state index in [1.165, 1.54) is 4.68 Å². The molecule has 0 atom stereocenters. The lowest BCUT2D eigenvalue weighted by Crippen LogP contribution is -2.27. The molecule has 1 aromatic carbocycles. The molecule has 2 aromatic rings. The molecule has 19 heavy (non-hydrogen) atoms. The van der Waals surface area contributed by atoms with Gasteiger partial charge in [-0.25, -0.2) is 9.48 Å². The van der Waals surface area contributed by atoms with E-state index >= 15 is 0 Å². The number of hydrogen-bond acceptors (Lipinski definition) is 3. The Labute approximate surface area is 115 Å². The SMILES string of the molecule is Nc1cccc(Cl)c1Cn1nc2n(c1=O)CCCC2. The predicted octanol–water partition coefficient (Wildman–Crippen LogP) is 1.67. The molecule has 1 aliphatic rings. The molecule has 0 radical (unpaired) electrons. The van der Waals surface area contributed by atoms with Crippen molar-refractivity contribution in [2.75, 3.05) is 5.73 Å². The Hall–Kier alpha value is -1.75. The number of rotatable bonds is 2. The van der Waals surface area contributed by atoms with Crippen molar-refractivity contribution in [3.8, 4) is 0 Å². The topological polar surface area (TPSA) is 65.8 Å². The van der Waals surface area contributed by atoms with E-state index in [0.29, 0.717) is 17.3 Å². The maximum Gasteiger partial charge on any atom is 0.346 e. The van der Waals surface area contributed by atoms with Crippen molar-refractivity contribution < 1.29 is 0 Å². The number of hydrogen-bond donors (Lipinski definition) is 1. The largest absolute Gasteiger partial charge is 0.398 e. The molecule has 0 spiro atoms. The first-order chi connectivity index (χ1) is 9.16. The minimum Gasteiger partial charge on any atom is -0.398 e. The highest BCUT2D eigenvalue weighted by molar-refractivity contribution is 6.31. The maximum absolute atomic E-state index is 12.2. The Morgan fingerprint density at radius 3 is 2.95 bits per heavy atom. The van der Waals surface area contributed by atoms with Crippen molar-refractivity contribution in [3.05, 3.63) is 45.1 Å². The summed E-state index contributed by atoms with van der Waals surface area (Å²) in [4.78, 5) is 12.2. The van der Waals surface area contributed by atoms with Crippen LogP contribution < -0.4 is 11.4 Å². The molecule has 0 bridgehead atoms. The fourth-order valence-corrected chi connectivity index (χ4v) is 2.69. The van der Waals surface area contributed by atoms with Gasteiger partial charge in [-0.15, -0.1) is 0 Å². The third-order valence-corrected chi connectivity index (χ3v) is 3.85. The maximum atomic E-state index is 12.2. The Balaban J connectivity index is 2.00. The normalized spacial score (nSPS) is 14.4. The number of fused-ring (bicyclic) bond motifs is 1. The van der Waals surface area contributed by atoms with E-state index in [-0.39, 0.29) is 5.69 Å². The van der Waals surface area contributed by atoms with Gasteiger partial charge in [0.1, 0.15) is 5.82 Å². The summed E-state index contributed by atoms with van der Waals surface area (Å²) in [7, 11) is 0. The quantitative estimate of drug-likeness (QED) is 0.850. The first-order valence-electron chi connectivity index (χ1n) is 6.36. The Morgan fingerprint density at radius 2 is 2.21 bits per heavy atom. The van der Waals surface area contributed by atoms with Gasteiger partial charge in [-0.3, -0.25) is 4.57 Å². The van der Waals surface area contributed by atoms with Crippen LogP contribution in [0.15, 0.2) is 23.0 Å². The number of halogens is 1. The number of nitrogens with two attached hydrogens (primary N) is 1. The summed E-state index contributed by atoms with van der Waals surface area (Å²) >= 11 is 6.13. The van der Waals surface area contributed by atoms with Crippen LogP contribution >= 0.6 is 11.6 Å². The summed E-state index contributed by atoms with van der Waals surface area (Å²) in [6.07, 6.45) is 2.98. The number of nitrogens with zero attached hydrogens (tertiary/aromatic N) is 3. The predicted molar refractivity (Wildman–Crippen MR) is 74.4 cm³/mol. The second-order valence-electron chi connectivity index (χ2n) is 4.77. The number of nitrogen functional groups attached to an aromatic ring is 1. The van der Waals surface area contributed by atoms with Crippen molar-refractivity contribution in [2.24, 2.45) is 0 Å². The van der Waals surface area contributed by atoms with E-state index in [1.807, 2.05) is 0 Å². The van der Waals surface area contributed by atoms with E-state index in [2.05, 4.69) is 5.10 Å². The summed E-state index contributed by atoms with van der Waals surface area (Å²) < 4.78 is 3.20. The van der Waals surface area contributed by atoms with Crippen molar-refractivity contribution in [1.82, 2.24) is 14.3 Å². The lowest BCUT2D eigenvalue weighted by molar-refractivity contribution is 0.511. The monoisotopic (exact) mass is 278 g/mol. The minimum atomic E-state index is -0.0750. The first kappa shape index (κ1) is 12.3. The van der Waals surface area contributed by atoms with E-state index < -0.39 is 0 Å². The highest BCUT2D eigenvalue weighted by Crippen LogP contribution is 2.22. The van der Waals surface area contributed by atoms with Crippen LogP contribution in [0.1, 0.15) is 24.2 Å². The van der Waals surface area contributed by atoms with E-state index in [4.69, 9.17) is 17.3 Å². The molecule has 1 aliphatic heterocycles. The van der Waals surface area contributed by atoms with Crippen LogP contribution in [0, 0.1) is 0 Å². The van der Waals surface area contributed by atoms with Gasteiger partial charge in [-0.1, -0.05) is 17.7 Å². The molecule has 1 aromatic heterocycles. The van der Waals surface area contributed by atoms with Crippen LogP contribution in [0.25, 0.3) is 0 Å². The van der Waals surface area contributed by atoms with Crippen LogP contribution in [-0.2, 0) is 19.5 Å². The lowest BCUT2D eigenvalue weighted by atomic mass is 10.2. The fraction of sp³-hybridized carbons (Fsp3) is 0.385. The summed E-state index contributed by atoms with van der Waals surface area (Å²) in [5.41, 5.74) is 7.17. The molecule has 0 saturated heterocycles. The number of aromatic nitrogens is 3. The highest BCUT2D eigenvalue weighted by atomic mass is 35.5. The summed E-state index contributed by atoms with van der Waals surface area (Å²) in [6, 6.07) is 5.35. The van der Waals surface area contributed by atoms with Gasteiger partial charge >= 0.3 is 5.69 Å². The van der Waals surface area contributed by atoms with Crippen molar-refractivity contribution in [3.63, 3.8) is 0 Å². The van der Waals surface area contributed by atoms with Crippen LogP contribution in [-0.4, -0.2) is 14.3 Å². The molecule has 0 fully saturated rings. The second kappa shape index (κ2) is 4.74. The summed E-state index contributed by atoms with van der Waals surface area (Å²) in [6.45, 7) is 1.08. The van der Waals surface area contributed by atoms with Crippen LogP contribution in [0.3, 0.4) is 0 Å². The molecular weight excluding hydrogens is 264 g/mol. The van der Waals surface area contributed by atoms with Crippen molar-refractivity contribution in [2.45, 2.75) is 32.4 Å². The fourth-order valence-electron chi connectivity index (χ4n) is 2.44. The van der Waals surface area contributed by atoms with Gasteiger partial charge in [0.15, 0.2) is 0 Å². The first-order valence-corrected chi connectivity index (χ1v) is 6.74. The van der Waals surface area contributed by atoms with Gasteiger partial charge in [0.05, 0.1) is 6.54 Å². The van der Waals surface area contributed by atoms with E-state index in [9.17, 15) is 4.79 Å². The molecule has 5 nitrogen and oxygen atoms in total. The number of anilines is 1. The molecule has 0 aliphatic carbocycles. The van der Waals surface area contributed by atoms with Gasteiger partial charge < -0.3 is 5.73 Å². The second-order valence-corrected chi connectivity index (χ2v) is 5.18. The molecule has 0 saturated carbocycles. The van der Waals surface area contributed by atoms with Crippen molar-refractivity contribution in [1.29, 1.82) is 0 Å². The molecular formula is C13H15ClN4O. The third-order valence-electron chi connectivity index (χ3n) is 3.49. The average molecular weight is 279 g/mol. The zero-order valence-electron chi connectivity index (χ0n) is 10.5. The van der Waals surface area contributed by atoms with Crippen LogP contribution in [0.4, 0.5) is 5.69 Å². The molecule has 0 unspecified atom stereocenters. The lowest BCUT2D eigenvalue weighted by Gasteiger charge is -2.09. The van der Waals surface area contributed by atoms with Crippen LogP contribution in [0.2, 0.25) is 5.02 Å². The molecule has 0 amide bonds. The minimum absolute atomic E-state index is 0.0750. The van der Waals surface area contributed by atoms with Crippen molar-refractivity contribution >= 4 is 17.3 Å². The van der Waals surface area contributed by atoms with Gasteiger partial charge in [-0.05, 0) is 25.0 Å². The standard InChI is InChI=1S/C13H15ClN4O/c14-10-4-3-5-11(15)9(10)8-18-13(19)17-7-2-1-6-12(17)16-18/h3-5H,1-2,6-8,15H2. The van der Waals surface area contributed by atoms with Crippen LogP contribution in [0.5, 0.6) is 0 Å². The zero-order valence-corrected chi connectivity index (χ0v) is 11.2. The Kier molecular flexibility index (Phi) is 3.06. The summed E-state index contributed by atoms with van der Waals surface area (Å²) in [5, 5.41) is 4.95. The van der Waals surface area contributed by atoms with E-state index in [0.717, 1.165) is 37.2 Å². The molecule has 2 heterocycles. The van der Waals surface area contributed by atoms with E-state index in [1.54, 1.807) is 22.8 Å². The molecule has 100 valence electrons. The zero-order chi connectivity index (χ0) is 13.4. The Morgan fingerprint density at radius 1 is 1.37 bits per heavy atom. The Bertz CT molecular complexity index is 654. The number of aryl methyl sites for hydroxylation is 1. The average Bonchev–Trinajstić information content (AvgIpc) is 2.72. The summed E-state index contributed by atoms with van der Waals surface area (Å²) in [5.74, 6) is 0.863. The smallest absolute Gasteiger partial charge is 0.346 e. The van der Waals surface area contributed by atoms with Gasteiger partial charge in [0.25, 0.3) is 0 Å². The molecule has 2 N–H and O–H groups in total.